The molecule has 1 N–H and O–H groups in total. The molecule has 3 rings (SSSR count). The molecule has 0 fully saturated rings. The molecule has 28 heavy (non-hydrogen) atoms. The van der Waals surface area contributed by atoms with E-state index in [4.69, 9.17) is 9.47 Å². The van der Waals surface area contributed by atoms with E-state index in [0.29, 0.717) is 13.1 Å². The average molecular weight is 378 g/mol. The van der Waals surface area contributed by atoms with Crippen molar-refractivity contribution in [1.29, 1.82) is 0 Å². The first-order valence-corrected chi connectivity index (χ1v) is 9.11. The van der Waals surface area contributed by atoms with E-state index in [9.17, 15) is 0 Å². The lowest BCUT2D eigenvalue weighted by molar-refractivity contribution is 0.382. The van der Waals surface area contributed by atoms with Crippen molar-refractivity contribution in [2.24, 2.45) is 4.99 Å². The molecule has 0 unspecified atom stereocenters. The Hall–Kier alpha value is -3.28. The highest BCUT2D eigenvalue weighted by atomic mass is 16.5. The summed E-state index contributed by atoms with van der Waals surface area (Å²) in [5.41, 5.74) is 3.20. The predicted octanol–water partition coefficient (Wildman–Crippen LogP) is 3.46. The summed E-state index contributed by atoms with van der Waals surface area (Å²) in [6.45, 7) is 1.30. The normalized spacial score (nSPS) is 11.4. The van der Waals surface area contributed by atoms with E-state index in [0.717, 1.165) is 39.5 Å². The summed E-state index contributed by atoms with van der Waals surface area (Å²) in [6.07, 6.45) is 1.82. The molecular weight excluding hydrogens is 352 g/mol. The Balaban J connectivity index is 1.71. The number of nitrogens with one attached hydrogen (secondary N) is 1. The fourth-order valence-corrected chi connectivity index (χ4v) is 3.18. The Bertz CT molecular complexity index is 966. The van der Waals surface area contributed by atoms with Crippen molar-refractivity contribution in [2.45, 2.75) is 13.1 Å². The molecule has 1 heterocycles. The summed E-state index contributed by atoms with van der Waals surface area (Å²) in [6, 6.07) is 16.1. The van der Waals surface area contributed by atoms with Crippen LogP contribution < -0.4 is 14.8 Å². The van der Waals surface area contributed by atoms with Crippen LogP contribution in [0, 0.1) is 0 Å². The van der Waals surface area contributed by atoms with Gasteiger partial charge in [-0.2, -0.15) is 0 Å². The zero-order valence-corrected chi connectivity index (χ0v) is 16.8. The molecule has 3 aromatic rings. The highest BCUT2D eigenvalue weighted by Crippen LogP contribution is 2.25. The largest absolute Gasteiger partial charge is 0.497 e. The van der Waals surface area contributed by atoms with Crippen LogP contribution in [0.3, 0.4) is 0 Å². The van der Waals surface area contributed by atoms with E-state index in [1.807, 2.05) is 37.5 Å². The predicted molar refractivity (Wildman–Crippen MR) is 113 cm³/mol. The number of ether oxygens (including phenoxy) is 2. The van der Waals surface area contributed by atoms with Crippen LogP contribution in [0.5, 0.6) is 11.5 Å². The number of guanidine groups is 1. The molecular formula is C22H26N4O2. The maximum atomic E-state index is 5.50. The number of aliphatic imine (C=N–C) groups is 1. The molecule has 0 aliphatic carbocycles. The maximum absolute atomic E-state index is 5.50. The van der Waals surface area contributed by atoms with Gasteiger partial charge in [-0.1, -0.05) is 24.3 Å². The number of para-hydroxylation sites is 1. The fraction of sp³-hybridized carbons (Fsp3) is 0.273. The van der Waals surface area contributed by atoms with Crippen molar-refractivity contribution >= 4 is 16.9 Å². The van der Waals surface area contributed by atoms with Gasteiger partial charge >= 0.3 is 0 Å². The second kappa shape index (κ2) is 9.08. The van der Waals surface area contributed by atoms with Crippen LogP contribution in [0.4, 0.5) is 0 Å². The molecule has 0 amide bonds. The molecule has 2 aromatic carbocycles. The Morgan fingerprint density at radius 3 is 2.64 bits per heavy atom. The molecule has 1 aromatic heterocycles. The minimum Gasteiger partial charge on any atom is -0.497 e. The van der Waals surface area contributed by atoms with Gasteiger partial charge in [0, 0.05) is 50.4 Å². The molecule has 0 spiro atoms. The van der Waals surface area contributed by atoms with Gasteiger partial charge in [-0.25, -0.2) is 0 Å². The van der Waals surface area contributed by atoms with Crippen molar-refractivity contribution in [1.82, 2.24) is 15.2 Å². The van der Waals surface area contributed by atoms with Gasteiger partial charge in [-0.15, -0.1) is 0 Å². The molecule has 146 valence electrons. The van der Waals surface area contributed by atoms with Crippen molar-refractivity contribution in [3.05, 3.63) is 65.9 Å². The van der Waals surface area contributed by atoms with E-state index < -0.39 is 0 Å². The summed E-state index contributed by atoms with van der Waals surface area (Å²) in [5, 5.41) is 4.56. The van der Waals surface area contributed by atoms with Gasteiger partial charge in [0.15, 0.2) is 5.96 Å². The third kappa shape index (κ3) is 4.34. The van der Waals surface area contributed by atoms with Crippen LogP contribution in [-0.2, 0) is 13.1 Å². The smallest absolute Gasteiger partial charge is 0.193 e. The van der Waals surface area contributed by atoms with Gasteiger partial charge in [0.25, 0.3) is 0 Å². The Morgan fingerprint density at radius 1 is 1.07 bits per heavy atom. The number of methoxy groups -OCH3 is 2. The van der Waals surface area contributed by atoms with E-state index in [-0.39, 0.29) is 0 Å². The van der Waals surface area contributed by atoms with Crippen molar-refractivity contribution in [2.75, 3.05) is 28.3 Å². The van der Waals surface area contributed by atoms with Gasteiger partial charge < -0.3 is 19.7 Å². The Morgan fingerprint density at radius 2 is 1.89 bits per heavy atom. The van der Waals surface area contributed by atoms with E-state index >= 15 is 0 Å². The second-order valence-corrected chi connectivity index (χ2v) is 6.43. The SMILES string of the molecule is CN=C(NCc1cccc2cccnc12)N(C)Cc1ccc(OC)cc1OC. The molecule has 6 nitrogen and oxygen atoms in total. The number of hydrogen-bond acceptors (Lipinski definition) is 4. The second-order valence-electron chi connectivity index (χ2n) is 6.43. The zero-order valence-electron chi connectivity index (χ0n) is 16.8. The van der Waals surface area contributed by atoms with Crippen molar-refractivity contribution < 1.29 is 9.47 Å². The third-order valence-corrected chi connectivity index (χ3v) is 4.63. The van der Waals surface area contributed by atoms with E-state index in [1.165, 1.54) is 0 Å². The van der Waals surface area contributed by atoms with Gasteiger partial charge in [-0.3, -0.25) is 9.98 Å². The summed E-state index contributed by atoms with van der Waals surface area (Å²) in [5.74, 6) is 2.36. The topological polar surface area (TPSA) is 59.0 Å². The lowest BCUT2D eigenvalue weighted by Gasteiger charge is -2.23. The maximum Gasteiger partial charge on any atom is 0.193 e. The van der Waals surface area contributed by atoms with Gasteiger partial charge in [0.1, 0.15) is 11.5 Å². The van der Waals surface area contributed by atoms with Crippen LogP contribution in [-0.4, -0.2) is 44.2 Å². The van der Waals surface area contributed by atoms with Crippen molar-refractivity contribution in [3.63, 3.8) is 0 Å². The van der Waals surface area contributed by atoms with Crippen LogP contribution in [0.2, 0.25) is 0 Å². The van der Waals surface area contributed by atoms with Gasteiger partial charge in [0.05, 0.1) is 19.7 Å². The minimum absolute atomic E-state index is 0.644. The molecule has 0 saturated heterocycles. The number of nitrogens with zero attached hydrogens (tertiary/aromatic N) is 3. The lowest BCUT2D eigenvalue weighted by Crippen LogP contribution is -2.38. The van der Waals surface area contributed by atoms with Crippen molar-refractivity contribution in [3.8, 4) is 11.5 Å². The summed E-state index contributed by atoms with van der Waals surface area (Å²) < 4.78 is 10.8. The van der Waals surface area contributed by atoms with E-state index in [2.05, 4.69) is 44.5 Å². The summed E-state index contributed by atoms with van der Waals surface area (Å²) in [7, 11) is 7.10. The molecule has 0 aliphatic rings. The lowest BCUT2D eigenvalue weighted by atomic mass is 10.1. The molecule has 0 aliphatic heterocycles. The van der Waals surface area contributed by atoms with Crippen LogP contribution in [0.1, 0.15) is 11.1 Å². The summed E-state index contributed by atoms with van der Waals surface area (Å²) in [4.78, 5) is 11.0. The van der Waals surface area contributed by atoms with Gasteiger partial charge in [-0.05, 0) is 23.8 Å². The number of hydrogen-bond donors (Lipinski definition) is 1. The number of benzene rings is 2. The number of fused-ring (bicyclic) bond motifs is 1. The first-order chi connectivity index (χ1) is 13.7. The number of pyridine rings is 1. The first kappa shape index (κ1) is 19.5. The Kier molecular flexibility index (Phi) is 6.32. The summed E-state index contributed by atoms with van der Waals surface area (Å²) >= 11 is 0. The molecule has 0 atom stereocenters. The fourth-order valence-electron chi connectivity index (χ4n) is 3.18. The standard InChI is InChI=1S/C22H26N4O2/c1-23-22(25-14-17-8-5-7-16-9-6-12-24-21(16)17)26(2)15-18-10-11-19(27-3)13-20(18)28-4/h5-13H,14-15H2,1-4H3,(H,23,25). The molecule has 6 heteroatoms. The average Bonchev–Trinajstić information content (AvgIpc) is 2.74. The van der Waals surface area contributed by atoms with E-state index in [1.54, 1.807) is 21.3 Å². The first-order valence-electron chi connectivity index (χ1n) is 9.11. The Labute approximate surface area is 165 Å². The quantitative estimate of drug-likeness (QED) is 0.526. The molecule has 0 saturated carbocycles. The van der Waals surface area contributed by atoms with Gasteiger partial charge in [0.2, 0.25) is 0 Å². The zero-order chi connectivity index (χ0) is 19.9. The molecule has 0 radical (unpaired) electrons. The number of aromatic nitrogens is 1. The highest BCUT2D eigenvalue weighted by Gasteiger charge is 2.12. The van der Waals surface area contributed by atoms with Crippen LogP contribution in [0.15, 0.2) is 59.7 Å². The number of rotatable bonds is 6. The third-order valence-electron chi connectivity index (χ3n) is 4.63. The minimum atomic E-state index is 0.644. The van der Waals surface area contributed by atoms with Crippen LogP contribution >= 0.6 is 0 Å². The molecule has 0 bridgehead atoms. The highest BCUT2D eigenvalue weighted by molar-refractivity contribution is 5.83. The van der Waals surface area contributed by atoms with Crippen LogP contribution in [0.25, 0.3) is 10.9 Å². The monoisotopic (exact) mass is 378 g/mol.